The van der Waals surface area contributed by atoms with Gasteiger partial charge in [-0.1, -0.05) is 0 Å². The van der Waals surface area contributed by atoms with E-state index in [4.69, 9.17) is 10.5 Å². The second kappa shape index (κ2) is 6.57. The quantitative estimate of drug-likeness (QED) is 0.905. The topological polar surface area (TPSA) is 41.7 Å². The van der Waals surface area contributed by atoms with Crippen LogP contribution in [0.4, 0.5) is 24.5 Å². The fourth-order valence-electron chi connectivity index (χ4n) is 3.17. The van der Waals surface area contributed by atoms with Gasteiger partial charge < -0.3 is 20.3 Å². The Balaban J connectivity index is 1.93. The maximum absolute atomic E-state index is 13.1. The first-order valence-electron chi connectivity index (χ1n) is 7.99. The average molecular weight is 329 g/mol. The van der Waals surface area contributed by atoms with Crippen molar-refractivity contribution in [3.8, 4) is 0 Å². The summed E-state index contributed by atoms with van der Waals surface area (Å²) in [5.74, 6) is 0. The molecule has 0 atom stereocenters. The van der Waals surface area contributed by atoms with Gasteiger partial charge in [0, 0.05) is 32.2 Å². The van der Waals surface area contributed by atoms with Crippen LogP contribution in [0.25, 0.3) is 0 Å². The van der Waals surface area contributed by atoms with E-state index in [0.717, 1.165) is 31.6 Å². The molecule has 0 radical (unpaired) electrons. The molecule has 2 saturated heterocycles. The molecule has 2 aliphatic heterocycles. The Hall–Kier alpha value is -1.47. The predicted octanol–water partition coefficient (Wildman–Crippen LogP) is 2.47. The molecule has 4 nitrogen and oxygen atoms in total. The Kier molecular flexibility index (Phi) is 4.68. The zero-order chi connectivity index (χ0) is 16.4. The number of anilines is 2. The average Bonchev–Trinajstić information content (AvgIpc) is 2.55. The third kappa shape index (κ3) is 3.72. The monoisotopic (exact) mass is 329 g/mol. The van der Waals surface area contributed by atoms with Crippen molar-refractivity contribution in [1.29, 1.82) is 0 Å². The molecule has 1 aromatic rings. The molecular formula is C16H22F3N3O. The zero-order valence-electron chi connectivity index (χ0n) is 13.0. The van der Waals surface area contributed by atoms with Gasteiger partial charge in [-0.2, -0.15) is 13.2 Å². The number of nitrogens with zero attached hydrogens (tertiary/aromatic N) is 2. The van der Waals surface area contributed by atoms with Crippen molar-refractivity contribution in [3.05, 3.63) is 23.8 Å². The second-order valence-electron chi connectivity index (χ2n) is 6.13. The number of halogens is 3. The summed E-state index contributed by atoms with van der Waals surface area (Å²) in [5, 5.41) is 0. The van der Waals surface area contributed by atoms with E-state index >= 15 is 0 Å². The van der Waals surface area contributed by atoms with E-state index in [1.54, 1.807) is 6.07 Å². The SMILES string of the molecule is NC1CCN(c2ccc(C(F)(F)F)cc2N2CCOCC2)CC1. The Bertz CT molecular complexity index is 536. The summed E-state index contributed by atoms with van der Waals surface area (Å²) in [4.78, 5) is 4.14. The molecule has 1 aromatic carbocycles. The first kappa shape index (κ1) is 16.4. The summed E-state index contributed by atoms with van der Waals surface area (Å²) in [7, 11) is 0. The number of alkyl halides is 3. The van der Waals surface area contributed by atoms with Crippen LogP contribution in [0.1, 0.15) is 18.4 Å². The Morgan fingerprint density at radius 1 is 0.957 bits per heavy atom. The molecule has 0 saturated carbocycles. The Morgan fingerprint density at radius 3 is 2.17 bits per heavy atom. The fraction of sp³-hybridized carbons (Fsp3) is 0.625. The summed E-state index contributed by atoms with van der Waals surface area (Å²) in [6.07, 6.45) is -2.60. The maximum atomic E-state index is 13.1. The zero-order valence-corrected chi connectivity index (χ0v) is 13.0. The minimum Gasteiger partial charge on any atom is -0.378 e. The highest BCUT2D eigenvalue weighted by atomic mass is 19.4. The smallest absolute Gasteiger partial charge is 0.378 e. The molecule has 3 rings (SSSR count). The molecule has 2 heterocycles. The molecule has 2 N–H and O–H groups in total. The summed E-state index contributed by atoms with van der Waals surface area (Å²) in [6.45, 7) is 3.87. The summed E-state index contributed by atoms with van der Waals surface area (Å²) in [6, 6.07) is 4.24. The van der Waals surface area contributed by atoms with Gasteiger partial charge >= 0.3 is 6.18 Å². The molecule has 7 heteroatoms. The van der Waals surface area contributed by atoms with Gasteiger partial charge in [0.15, 0.2) is 0 Å². The molecule has 0 unspecified atom stereocenters. The van der Waals surface area contributed by atoms with Crippen molar-refractivity contribution in [3.63, 3.8) is 0 Å². The van der Waals surface area contributed by atoms with Gasteiger partial charge in [0.1, 0.15) is 0 Å². The van der Waals surface area contributed by atoms with Crippen LogP contribution in [0.5, 0.6) is 0 Å². The van der Waals surface area contributed by atoms with Crippen molar-refractivity contribution < 1.29 is 17.9 Å². The number of morpholine rings is 1. The number of rotatable bonds is 2. The molecule has 0 amide bonds. The largest absolute Gasteiger partial charge is 0.416 e. The molecular weight excluding hydrogens is 307 g/mol. The van der Waals surface area contributed by atoms with Gasteiger partial charge in [-0.25, -0.2) is 0 Å². The lowest BCUT2D eigenvalue weighted by Gasteiger charge is -2.37. The molecule has 2 fully saturated rings. The van der Waals surface area contributed by atoms with Crippen LogP contribution in [0.15, 0.2) is 18.2 Å². The van der Waals surface area contributed by atoms with Crippen LogP contribution in [0.2, 0.25) is 0 Å². The van der Waals surface area contributed by atoms with Crippen LogP contribution in [-0.2, 0) is 10.9 Å². The number of nitrogens with two attached hydrogens (primary N) is 1. The molecule has 0 bridgehead atoms. The molecule has 23 heavy (non-hydrogen) atoms. The lowest BCUT2D eigenvalue weighted by Crippen LogP contribution is -2.42. The van der Waals surface area contributed by atoms with Crippen molar-refractivity contribution in [1.82, 2.24) is 0 Å². The number of hydrogen-bond donors (Lipinski definition) is 1. The molecule has 0 spiro atoms. The van der Waals surface area contributed by atoms with Gasteiger partial charge in [-0.15, -0.1) is 0 Å². The van der Waals surface area contributed by atoms with Crippen LogP contribution in [0.3, 0.4) is 0 Å². The minimum atomic E-state index is -4.33. The van der Waals surface area contributed by atoms with E-state index in [0.29, 0.717) is 32.0 Å². The van der Waals surface area contributed by atoms with E-state index < -0.39 is 11.7 Å². The van der Waals surface area contributed by atoms with Crippen molar-refractivity contribution in [2.24, 2.45) is 5.73 Å². The molecule has 0 aliphatic carbocycles. The maximum Gasteiger partial charge on any atom is 0.416 e. The summed E-state index contributed by atoms with van der Waals surface area (Å²) in [5.41, 5.74) is 6.85. The third-order valence-corrected chi connectivity index (χ3v) is 4.53. The lowest BCUT2D eigenvalue weighted by atomic mass is 10.0. The van der Waals surface area contributed by atoms with Gasteiger partial charge in [0.05, 0.1) is 30.2 Å². The first-order chi connectivity index (χ1) is 10.9. The fourth-order valence-corrected chi connectivity index (χ4v) is 3.17. The van der Waals surface area contributed by atoms with E-state index in [1.165, 1.54) is 12.1 Å². The predicted molar refractivity (Wildman–Crippen MR) is 83.9 cm³/mol. The third-order valence-electron chi connectivity index (χ3n) is 4.53. The van der Waals surface area contributed by atoms with Crippen molar-refractivity contribution in [2.45, 2.75) is 25.1 Å². The highest BCUT2D eigenvalue weighted by molar-refractivity contribution is 5.73. The lowest BCUT2D eigenvalue weighted by molar-refractivity contribution is -0.137. The molecule has 2 aliphatic rings. The van der Waals surface area contributed by atoms with Gasteiger partial charge in [0.2, 0.25) is 0 Å². The van der Waals surface area contributed by atoms with E-state index in [9.17, 15) is 13.2 Å². The number of ether oxygens (including phenoxy) is 1. The Labute approximate surface area is 134 Å². The van der Waals surface area contributed by atoms with E-state index in [2.05, 4.69) is 4.90 Å². The van der Waals surface area contributed by atoms with Crippen molar-refractivity contribution >= 4 is 11.4 Å². The molecule has 0 aromatic heterocycles. The second-order valence-corrected chi connectivity index (χ2v) is 6.13. The highest BCUT2D eigenvalue weighted by Crippen LogP contribution is 2.38. The highest BCUT2D eigenvalue weighted by Gasteiger charge is 2.32. The van der Waals surface area contributed by atoms with Crippen LogP contribution >= 0.6 is 0 Å². The van der Waals surface area contributed by atoms with Crippen LogP contribution < -0.4 is 15.5 Å². The Morgan fingerprint density at radius 2 is 1.57 bits per heavy atom. The van der Waals surface area contributed by atoms with E-state index in [-0.39, 0.29) is 6.04 Å². The number of piperidine rings is 1. The van der Waals surface area contributed by atoms with Gasteiger partial charge in [-0.05, 0) is 31.0 Å². The number of benzene rings is 1. The van der Waals surface area contributed by atoms with E-state index in [1.807, 2.05) is 4.90 Å². The van der Waals surface area contributed by atoms with Gasteiger partial charge in [0.25, 0.3) is 0 Å². The number of hydrogen-bond acceptors (Lipinski definition) is 4. The van der Waals surface area contributed by atoms with Crippen molar-refractivity contribution in [2.75, 3.05) is 49.2 Å². The molecule has 128 valence electrons. The first-order valence-corrected chi connectivity index (χ1v) is 7.99. The van der Waals surface area contributed by atoms with Gasteiger partial charge in [-0.3, -0.25) is 0 Å². The summed E-state index contributed by atoms with van der Waals surface area (Å²) >= 11 is 0. The van der Waals surface area contributed by atoms with Crippen LogP contribution in [-0.4, -0.2) is 45.4 Å². The normalized spacial score (nSPS) is 20.9. The minimum absolute atomic E-state index is 0.188. The van der Waals surface area contributed by atoms with Crippen LogP contribution in [0, 0.1) is 0 Å². The standard InChI is InChI=1S/C16H22F3N3O/c17-16(18,19)12-1-2-14(21-5-3-13(20)4-6-21)15(11-12)22-7-9-23-10-8-22/h1-2,11,13H,3-10,20H2. The summed E-state index contributed by atoms with van der Waals surface area (Å²) < 4.78 is 44.6.